The van der Waals surface area contributed by atoms with Crippen LogP contribution in [0, 0.1) is 0 Å². The maximum atomic E-state index is 11.9. The van der Waals surface area contributed by atoms with Crippen LogP contribution in [0.3, 0.4) is 0 Å². The Bertz CT molecular complexity index is 407. The molecule has 98 valence electrons. The largest absolute Gasteiger partial charge is 0.354 e. The Labute approximate surface area is 118 Å². The molecule has 2 nitrogen and oxygen atoms in total. The quantitative estimate of drug-likeness (QED) is 0.813. The van der Waals surface area contributed by atoms with E-state index in [9.17, 15) is 4.79 Å². The third-order valence-electron chi connectivity index (χ3n) is 3.61. The zero-order valence-corrected chi connectivity index (χ0v) is 12.3. The highest BCUT2D eigenvalue weighted by Gasteiger charge is 2.36. The van der Waals surface area contributed by atoms with E-state index in [-0.39, 0.29) is 5.91 Å². The van der Waals surface area contributed by atoms with Crippen molar-refractivity contribution < 1.29 is 4.79 Å². The molecule has 1 fully saturated rings. The lowest BCUT2D eigenvalue weighted by molar-refractivity contribution is -0.120. The summed E-state index contributed by atoms with van der Waals surface area (Å²) in [5.41, 5.74) is 1.04. The summed E-state index contributed by atoms with van der Waals surface area (Å²) >= 11 is 6.12. The first-order chi connectivity index (χ1) is 8.63. The fraction of sp³-hybridized carbons (Fsp3) is 0.500. The summed E-state index contributed by atoms with van der Waals surface area (Å²) in [6, 6.07) is 7.74. The minimum Gasteiger partial charge on any atom is -0.354 e. The summed E-state index contributed by atoms with van der Waals surface area (Å²) in [7, 11) is 0. The van der Waals surface area contributed by atoms with Crippen molar-refractivity contribution in [2.45, 2.75) is 35.3 Å². The number of carbonyl (C=O) groups is 1. The molecule has 1 aromatic carbocycles. The van der Waals surface area contributed by atoms with Gasteiger partial charge in [0.15, 0.2) is 0 Å². The highest BCUT2D eigenvalue weighted by Crippen LogP contribution is 2.42. The SMILES string of the molecule is CSC1(CNC(=O)Cc2ccc(S)cc2)CCC1. The highest BCUT2D eigenvalue weighted by atomic mass is 32.2. The van der Waals surface area contributed by atoms with E-state index in [1.165, 1.54) is 19.3 Å². The smallest absolute Gasteiger partial charge is 0.224 e. The van der Waals surface area contributed by atoms with Gasteiger partial charge >= 0.3 is 0 Å². The van der Waals surface area contributed by atoms with Gasteiger partial charge in [0, 0.05) is 16.2 Å². The second kappa shape index (κ2) is 6.02. The normalized spacial score (nSPS) is 17.0. The van der Waals surface area contributed by atoms with E-state index in [0.717, 1.165) is 17.0 Å². The molecule has 0 radical (unpaired) electrons. The minimum atomic E-state index is 0.113. The van der Waals surface area contributed by atoms with Crippen LogP contribution in [0.5, 0.6) is 0 Å². The maximum absolute atomic E-state index is 11.9. The van der Waals surface area contributed by atoms with Crippen LogP contribution < -0.4 is 5.32 Å². The average molecular weight is 281 g/mol. The molecule has 0 saturated heterocycles. The molecule has 1 aliphatic carbocycles. The number of amides is 1. The number of hydrogen-bond donors (Lipinski definition) is 2. The van der Waals surface area contributed by atoms with Gasteiger partial charge in [0.25, 0.3) is 0 Å². The first-order valence-corrected chi connectivity index (χ1v) is 7.90. The van der Waals surface area contributed by atoms with Crippen LogP contribution >= 0.6 is 24.4 Å². The molecule has 1 amide bonds. The first-order valence-electron chi connectivity index (χ1n) is 6.23. The van der Waals surface area contributed by atoms with Crippen molar-refractivity contribution >= 4 is 30.3 Å². The maximum Gasteiger partial charge on any atom is 0.224 e. The van der Waals surface area contributed by atoms with Gasteiger partial charge in [-0.3, -0.25) is 4.79 Å². The summed E-state index contributed by atoms with van der Waals surface area (Å²) in [5.74, 6) is 0.113. The van der Waals surface area contributed by atoms with Crippen LogP contribution in [0.1, 0.15) is 24.8 Å². The van der Waals surface area contributed by atoms with Crippen molar-refractivity contribution in [3.8, 4) is 0 Å². The van der Waals surface area contributed by atoms with E-state index in [2.05, 4.69) is 24.2 Å². The Balaban J connectivity index is 1.80. The molecule has 0 atom stereocenters. The van der Waals surface area contributed by atoms with Gasteiger partial charge < -0.3 is 5.32 Å². The van der Waals surface area contributed by atoms with Crippen molar-refractivity contribution in [2.75, 3.05) is 12.8 Å². The molecule has 0 spiro atoms. The van der Waals surface area contributed by atoms with Crippen molar-refractivity contribution in [1.29, 1.82) is 0 Å². The third-order valence-corrected chi connectivity index (χ3v) is 5.32. The lowest BCUT2D eigenvalue weighted by Crippen LogP contribution is -2.45. The number of hydrogen-bond acceptors (Lipinski definition) is 3. The van der Waals surface area contributed by atoms with Crippen molar-refractivity contribution in [3.63, 3.8) is 0 Å². The van der Waals surface area contributed by atoms with E-state index in [1.807, 2.05) is 36.0 Å². The lowest BCUT2D eigenvalue weighted by Gasteiger charge is -2.40. The monoisotopic (exact) mass is 281 g/mol. The Morgan fingerprint density at radius 1 is 1.39 bits per heavy atom. The van der Waals surface area contributed by atoms with Crippen LogP contribution in [-0.4, -0.2) is 23.5 Å². The summed E-state index contributed by atoms with van der Waals surface area (Å²) in [6.45, 7) is 0.803. The molecular weight excluding hydrogens is 262 g/mol. The van der Waals surface area contributed by atoms with Crippen LogP contribution in [0.4, 0.5) is 0 Å². The molecule has 0 aliphatic heterocycles. The summed E-state index contributed by atoms with van der Waals surface area (Å²) in [4.78, 5) is 12.8. The number of thioether (sulfide) groups is 1. The van der Waals surface area contributed by atoms with Gasteiger partial charge in [0.05, 0.1) is 6.42 Å². The standard InChI is InChI=1S/C14H19NOS2/c1-18-14(7-2-8-14)10-15-13(16)9-11-3-5-12(17)6-4-11/h3-6,17H,2,7-10H2,1H3,(H,15,16). The van der Waals surface area contributed by atoms with E-state index in [0.29, 0.717) is 11.2 Å². The lowest BCUT2D eigenvalue weighted by atomic mass is 9.84. The molecule has 2 rings (SSSR count). The van der Waals surface area contributed by atoms with Crippen molar-refractivity contribution in [2.24, 2.45) is 0 Å². The highest BCUT2D eigenvalue weighted by molar-refractivity contribution is 8.00. The van der Waals surface area contributed by atoms with Gasteiger partial charge in [-0.05, 0) is 36.8 Å². The van der Waals surface area contributed by atoms with Gasteiger partial charge in [0.2, 0.25) is 5.91 Å². The number of benzene rings is 1. The van der Waals surface area contributed by atoms with E-state index in [4.69, 9.17) is 0 Å². The van der Waals surface area contributed by atoms with Gasteiger partial charge in [-0.15, -0.1) is 12.6 Å². The fourth-order valence-corrected chi connectivity index (χ4v) is 3.21. The Kier molecular flexibility index (Phi) is 4.62. The van der Waals surface area contributed by atoms with Gasteiger partial charge in [-0.2, -0.15) is 11.8 Å². The Morgan fingerprint density at radius 3 is 2.56 bits per heavy atom. The molecule has 0 aromatic heterocycles. The van der Waals surface area contributed by atoms with E-state index < -0.39 is 0 Å². The molecule has 1 aromatic rings. The number of nitrogens with one attached hydrogen (secondary N) is 1. The summed E-state index contributed by atoms with van der Waals surface area (Å²) < 4.78 is 0.310. The van der Waals surface area contributed by atoms with Gasteiger partial charge in [-0.1, -0.05) is 18.6 Å². The van der Waals surface area contributed by atoms with E-state index >= 15 is 0 Å². The first kappa shape index (κ1) is 13.8. The van der Waals surface area contributed by atoms with Gasteiger partial charge in [0.1, 0.15) is 0 Å². The Morgan fingerprint density at radius 2 is 2.06 bits per heavy atom. The Hall–Kier alpha value is -0.610. The molecule has 4 heteroatoms. The molecular formula is C14H19NOS2. The van der Waals surface area contributed by atoms with Gasteiger partial charge in [-0.25, -0.2) is 0 Å². The molecule has 1 saturated carbocycles. The van der Waals surface area contributed by atoms with Crippen LogP contribution in [0.15, 0.2) is 29.2 Å². The molecule has 18 heavy (non-hydrogen) atoms. The zero-order valence-electron chi connectivity index (χ0n) is 10.6. The second-order valence-corrected chi connectivity index (χ2v) is 6.65. The predicted octanol–water partition coefficient (Wildman–Crippen LogP) is 2.92. The van der Waals surface area contributed by atoms with E-state index in [1.54, 1.807) is 0 Å². The number of thiol groups is 1. The van der Waals surface area contributed by atoms with Crippen molar-refractivity contribution in [3.05, 3.63) is 29.8 Å². The molecule has 1 aliphatic rings. The van der Waals surface area contributed by atoms with Crippen molar-refractivity contribution in [1.82, 2.24) is 5.32 Å². The molecule has 0 unspecified atom stereocenters. The van der Waals surface area contributed by atoms with Crippen LogP contribution in [0.25, 0.3) is 0 Å². The summed E-state index contributed by atoms with van der Waals surface area (Å²) in [5, 5.41) is 3.06. The average Bonchev–Trinajstić information content (AvgIpc) is 2.31. The minimum absolute atomic E-state index is 0.113. The fourth-order valence-electron chi connectivity index (χ4n) is 2.15. The number of rotatable bonds is 5. The molecule has 1 N–H and O–H groups in total. The topological polar surface area (TPSA) is 29.1 Å². The predicted molar refractivity (Wildman–Crippen MR) is 80.5 cm³/mol. The summed E-state index contributed by atoms with van der Waals surface area (Å²) in [6.07, 6.45) is 6.33. The third kappa shape index (κ3) is 3.45. The zero-order chi connectivity index (χ0) is 13.0. The second-order valence-electron chi connectivity index (χ2n) is 4.86. The molecule has 0 heterocycles. The number of carbonyl (C=O) groups excluding carboxylic acids is 1. The van der Waals surface area contributed by atoms with Crippen LogP contribution in [-0.2, 0) is 11.2 Å². The van der Waals surface area contributed by atoms with Crippen LogP contribution in [0.2, 0.25) is 0 Å². The molecule has 0 bridgehead atoms.